The fourth-order valence-corrected chi connectivity index (χ4v) is 2.58. The number of amides is 2. The fourth-order valence-electron chi connectivity index (χ4n) is 2.58. The molecule has 0 atom stereocenters. The van der Waals surface area contributed by atoms with Gasteiger partial charge in [0.05, 0.1) is 11.0 Å². The summed E-state index contributed by atoms with van der Waals surface area (Å²) in [5, 5.41) is 5.46. The number of fused-ring (bicyclic) bond motifs is 1. The number of carbonyl (C=O) groups excluding carboxylic acids is 2. The lowest BCUT2D eigenvalue weighted by Gasteiger charge is -2.19. The van der Waals surface area contributed by atoms with Crippen molar-refractivity contribution in [2.75, 3.05) is 5.32 Å². The molecule has 1 heterocycles. The summed E-state index contributed by atoms with van der Waals surface area (Å²) in [5.74, 6) is -0.274. The third-order valence-electron chi connectivity index (χ3n) is 3.83. The number of benzene rings is 2. The highest BCUT2D eigenvalue weighted by molar-refractivity contribution is 6.04. The van der Waals surface area contributed by atoms with Crippen LogP contribution < -0.4 is 16.3 Å². The Morgan fingerprint density at radius 2 is 1.68 bits per heavy atom. The number of nitrogens with one attached hydrogen (secondary N) is 4. The first-order chi connectivity index (χ1) is 13.2. The monoisotopic (exact) mass is 382 g/mol. The molecule has 0 fully saturated rings. The number of ether oxygens (including phenoxy) is 1. The molecular weight excluding hydrogens is 360 g/mol. The van der Waals surface area contributed by atoms with Gasteiger partial charge in [-0.1, -0.05) is 12.1 Å². The van der Waals surface area contributed by atoms with Gasteiger partial charge < -0.3 is 25.3 Å². The average molecular weight is 382 g/mol. The molecular formula is C20H22N4O4. The number of imidazole rings is 1. The molecule has 0 aliphatic rings. The van der Waals surface area contributed by atoms with E-state index in [0.717, 1.165) is 5.56 Å². The van der Waals surface area contributed by atoms with Gasteiger partial charge in [0.1, 0.15) is 5.60 Å². The summed E-state index contributed by atoms with van der Waals surface area (Å²) >= 11 is 0. The van der Waals surface area contributed by atoms with Gasteiger partial charge in [-0.2, -0.15) is 0 Å². The number of alkyl carbamates (subject to hydrolysis) is 1. The maximum atomic E-state index is 12.4. The second kappa shape index (κ2) is 7.59. The first kappa shape index (κ1) is 19.2. The number of rotatable bonds is 4. The van der Waals surface area contributed by atoms with Crippen molar-refractivity contribution in [2.45, 2.75) is 32.9 Å². The Hall–Kier alpha value is -3.55. The summed E-state index contributed by atoms with van der Waals surface area (Å²) in [6, 6.07) is 12.0. The maximum Gasteiger partial charge on any atom is 0.407 e. The lowest BCUT2D eigenvalue weighted by atomic mass is 10.1. The minimum Gasteiger partial charge on any atom is -0.444 e. The lowest BCUT2D eigenvalue weighted by Crippen LogP contribution is -2.32. The van der Waals surface area contributed by atoms with E-state index in [-0.39, 0.29) is 11.6 Å². The second-order valence-electron chi connectivity index (χ2n) is 7.35. The van der Waals surface area contributed by atoms with E-state index in [0.29, 0.717) is 28.8 Å². The van der Waals surface area contributed by atoms with Gasteiger partial charge in [-0.3, -0.25) is 4.79 Å². The zero-order valence-corrected chi connectivity index (χ0v) is 15.9. The topological polar surface area (TPSA) is 116 Å². The van der Waals surface area contributed by atoms with Gasteiger partial charge in [0, 0.05) is 17.8 Å². The molecule has 0 aliphatic carbocycles. The minimum atomic E-state index is -0.553. The van der Waals surface area contributed by atoms with E-state index in [1.165, 1.54) is 0 Å². The summed E-state index contributed by atoms with van der Waals surface area (Å²) in [7, 11) is 0. The summed E-state index contributed by atoms with van der Waals surface area (Å²) < 4.78 is 5.18. The maximum absolute atomic E-state index is 12.4. The van der Waals surface area contributed by atoms with E-state index in [2.05, 4.69) is 20.6 Å². The molecule has 0 saturated carbocycles. The number of H-pyrrole nitrogens is 2. The Balaban J connectivity index is 1.59. The van der Waals surface area contributed by atoms with Crippen molar-refractivity contribution >= 4 is 28.7 Å². The van der Waals surface area contributed by atoms with Crippen LogP contribution in [0.1, 0.15) is 36.7 Å². The first-order valence-electron chi connectivity index (χ1n) is 8.79. The molecule has 28 heavy (non-hydrogen) atoms. The largest absolute Gasteiger partial charge is 0.444 e. The molecule has 0 spiro atoms. The van der Waals surface area contributed by atoms with E-state index in [4.69, 9.17) is 4.74 Å². The first-order valence-corrected chi connectivity index (χ1v) is 8.79. The van der Waals surface area contributed by atoms with Crippen molar-refractivity contribution < 1.29 is 14.3 Å². The van der Waals surface area contributed by atoms with E-state index in [9.17, 15) is 14.4 Å². The zero-order valence-electron chi connectivity index (χ0n) is 15.9. The van der Waals surface area contributed by atoms with E-state index >= 15 is 0 Å². The quantitative estimate of drug-likeness (QED) is 0.555. The van der Waals surface area contributed by atoms with Crippen LogP contribution in [-0.4, -0.2) is 27.6 Å². The number of aromatic nitrogens is 2. The highest BCUT2D eigenvalue weighted by Crippen LogP contribution is 2.16. The standard InChI is InChI=1S/C20H22N4O4/c1-20(2,3)28-19(27)21-11-12-4-6-13(7-5-12)17(25)22-14-8-9-15-16(10-14)24-18(26)23-15/h4-10H,11H2,1-3H3,(H,21,27)(H,22,25)(H2,23,24,26). The predicted molar refractivity (Wildman–Crippen MR) is 106 cm³/mol. The normalized spacial score (nSPS) is 11.2. The SMILES string of the molecule is CC(C)(C)OC(=O)NCc1ccc(C(=O)Nc2ccc3[nH]c(=O)[nH]c3c2)cc1. The van der Waals surface area contributed by atoms with Crippen molar-refractivity contribution in [3.8, 4) is 0 Å². The Morgan fingerprint density at radius 3 is 2.36 bits per heavy atom. The molecule has 1 aromatic heterocycles. The molecule has 3 aromatic rings. The van der Waals surface area contributed by atoms with Gasteiger partial charge in [-0.05, 0) is 56.7 Å². The lowest BCUT2D eigenvalue weighted by molar-refractivity contribution is 0.0523. The van der Waals surface area contributed by atoms with Crippen LogP contribution >= 0.6 is 0 Å². The number of aromatic amines is 2. The van der Waals surface area contributed by atoms with Crippen LogP contribution in [0.15, 0.2) is 47.3 Å². The van der Waals surface area contributed by atoms with Crippen LogP contribution in [0.4, 0.5) is 10.5 Å². The Kier molecular flexibility index (Phi) is 5.21. The molecule has 0 bridgehead atoms. The average Bonchev–Trinajstić information content (AvgIpc) is 2.98. The Labute approximate surface area is 161 Å². The van der Waals surface area contributed by atoms with Crippen molar-refractivity contribution in [3.05, 3.63) is 64.1 Å². The van der Waals surface area contributed by atoms with Crippen LogP contribution in [0.5, 0.6) is 0 Å². The van der Waals surface area contributed by atoms with Crippen LogP contribution in [0.2, 0.25) is 0 Å². The number of carbonyl (C=O) groups is 2. The molecule has 8 heteroatoms. The molecule has 8 nitrogen and oxygen atoms in total. The fraction of sp³-hybridized carbons (Fsp3) is 0.250. The van der Waals surface area contributed by atoms with Gasteiger partial charge >= 0.3 is 11.8 Å². The van der Waals surface area contributed by atoms with Gasteiger partial charge in [0.15, 0.2) is 0 Å². The Morgan fingerprint density at radius 1 is 1.00 bits per heavy atom. The van der Waals surface area contributed by atoms with Crippen LogP contribution in [0, 0.1) is 0 Å². The van der Waals surface area contributed by atoms with E-state index < -0.39 is 11.7 Å². The Bertz CT molecular complexity index is 1060. The number of hydrogen-bond acceptors (Lipinski definition) is 4. The van der Waals surface area contributed by atoms with Gasteiger partial charge in [0.2, 0.25) is 0 Å². The summed E-state index contributed by atoms with van der Waals surface area (Å²) in [5.41, 5.74) is 2.33. The summed E-state index contributed by atoms with van der Waals surface area (Å²) in [6.45, 7) is 5.69. The molecule has 0 unspecified atom stereocenters. The van der Waals surface area contributed by atoms with Gasteiger partial charge in [0.25, 0.3) is 5.91 Å². The zero-order chi connectivity index (χ0) is 20.3. The molecule has 0 radical (unpaired) electrons. The molecule has 0 saturated heterocycles. The molecule has 3 rings (SSSR count). The highest BCUT2D eigenvalue weighted by Gasteiger charge is 2.15. The van der Waals surface area contributed by atoms with Crippen molar-refractivity contribution in [1.29, 1.82) is 0 Å². The number of anilines is 1. The molecule has 0 aliphatic heterocycles. The van der Waals surface area contributed by atoms with Crippen molar-refractivity contribution in [2.24, 2.45) is 0 Å². The van der Waals surface area contributed by atoms with E-state index in [1.54, 1.807) is 63.2 Å². The van der Waals surface area contributed by atoms with E-state index in [1.807, 2.05) is 0 Å². The molecule has 4 N–H and O–H groups in total. The summed E-state index contributed by atoms with van der Waals surface area (Å²) in [6.07, 6.45) is -0.493. The van der Waals surface area contributed by atoms with Crippen LogP contribution in [0.3, 0.4) is 0 Å². The van der Waals surface area contributed by atoms with Crippen LogP contribution in [0.25, 0.3) is 11.0 Å². The molecule has 2 amide bonds. The summed E-state index contributed by atoms with van der Waals surface area (Å²) in [4.78, 5) is 40.7. The molecule has 2 aromatic carbocycles. The van der Waals surface area contributed by atoms with Crippen molar-refractivity contribution in [1.82, 2.24) is 15.3 Å². The smallest absolute Gasteiger partial charge is 0.407 e. The number of hydrogen-bond donors (Lipinski definition) is 4. The third-order valence-corrected chi connectivity index (χ3v) is 3.83. The van der Waals surface area contributed by atoms with Gasteiger partial charge in [-0.25, -0.2) is 9.59 Å². The minimum absolute atomic E-state index is 0.274. The predicted octanol–water partition coefficient (Wildman–Crippen LogP) is 3.13. The van der Waals surface area contributed by atoms with Crippen LogP contribution in [-0.2, 0) is 11.3 Å². The third kappa shape index (κ3) is 5.00. The van der Waals surface area contributed by atoms with Gasteiger partial charge in [-0.15, -0.1) is 0 Å². The highest BCUT2D eigenvalue weighted by atomic mass is 16.6. The van der Waals surface area contributed by atoms with Crippen molar-refractivity contribution in [3.63, 3.8) is 0 Å². The molecule has 146 valence electrons. The second-order valence-corrected chi connectivity index (χ2v) is 7.35.